The zero-order valence-corrected chi connectivity index (χ0v) is 12.8. The van der Waals surface area contributed by atoms with Crippen molar-refractivity contribution in [2.75, 3.05) is 19.8 Å². The predicted molar refractivity (Wildman–Crippen MR) is 71.3 cm³/mol. The van der Waals surface area contributed by atoms with Crippen molar-refractivity contribution >= 4 is 20.6 Å². The summed E-state index contributed by atoms with van der Waals surface area (Å²) < 4.78 is 17.4. The number of hydrogen-bond donors (Lipinski definition) is 1. The second-order valence-electron chi connectivity index (χ2n) is 3.39. The minimum Gasteiger partial charge on any atom is -0.373 e. The van der Waals surface area contributed by atoms with E-state index in [4.69, 9.17) is 19.0 Å². The van der Waals surface area contributed by atoms with Crippen LogP contribution in [0.2, 0.25) is 0 Å². The Morgan fingerprint density at radius 1 is 1.00 bits per heavy atom. The highest BCUT2D eigenvalue weighted by molar-refractivity contribution is 8.01. The Labute approximate surface area is 105 Å². The van der Waals surface area contributed by atoms with E-state index in [9.17, 15) is 0 Å². The molecule has 0 amide bonds. The predicted octanol–water partition coefficient (Wildman–Crippen LogP) is 2.00. The van der Waals surface area contributed by atoms with Crippen molar-refractivity contribution in [3.8, 4) is 0 Å². The summed E-state index contributed by atoms with van der Waals surface area (Å²) in [6.45, 7) is 11.7. The van der Waals surface area contributed by atoms with Gasteiger partial charge >= 0.3 is 8.80 Å². The summed E-state index contributed by atoms with van der Waals surface area (Å²) in [6, 6.07) is 0. The van der Waals surface area contributed by atoms with Gasteiger partial charge in [0.25, 0.3) is 0 Å². The quantitative estimate of drug-likeness (QED) is 0.511. The molecule has 0 fully saturated rings. The fourth-order valence-corrected chi connectivity index (χ4v) is 6.21. The van der Waals surface area contributed by atoms with Crippen LogP contribution < -0.4 is 5.73 Å². The molecule has 0 aromatic rings. The number of nitrogens with two attached hydrogens (primary N) is 1. The first kappa shape index (κ1) is 16.4. The molecule has 0 aliphatic rings. The van der Waals surface area contributed by atoms with Crippen molar-refractivity contribution < 1.29 is 13.3 Å². The van der Waals surface area contributed by atoms with Crippen LogP contribution in [0.4, 0.5) is 0 Å². The van der Waals surface area contributed by atoms with Gasteiger partial charge in [-0.25, -0.2) is 0 Å². The largest absolute Gasteiger partial charge is 0.514 e. The van der Waals surface area contributed by atoms with Gasteiger partial charge in [0.05, 0.1) is 4.87 Å². The van der Waals surface area contributed by atoms with Crippen LogP contribution in [0.5, 0.6) is 0 Å². The van der Waals surface area contributed by atoms with E-state index in [1.54, 1.807) is 11.8 Å². The third kappa shape index (κ3) is 5.16. The standard InChI is InChI=1S/C10H25NO3SSi/c1-6-12-16(13-7-2,14-8-3)10(5)15-9(4)11/h9-10H,6-8,11H2,1-5H3. The summed E-state index contributed by atoms with van der Waals surface area (Å²) in [7, 11) is -2.58. The normalized spacial score (nSPS) is 16.1. The first-order valence-corrected chi connectivity index (χ1v) is 8.59. The summed E-state index contributed by atoms with van der Waals surface area (Å²) in [6.07, 6.45) is 0. The third-order valence-electron chi connectivity index (χ3n) is 1.95. The fraction of sp³-hybridized carbons (Fsp3) is 1.00. The van der Waals surface area contributed by atoms with Crippen molar-refractivity contribution in [3.63, 3.8) is 0 Å². The summed E-state index contributed by atoms with van der Waals surface area (Å²) in [5, 5.41) is 0.0586. The molecule has 98 valence electrons. The lowest BCUT2D eigenvalue weighted by atomic mass is 10.8. The van der Waals surface area contributed by atoms with E-state index in [1.807, 2.05) is 27.7 Å². The summed E-state index contributed by atoms with van der Waals surface area (Å²) in [5.74, 6) is 0. The van der Waals surface area contributed by atoms with E-state index in [2.05, 4.69) is 6.92 Å². The van der Waals surface area contributed by atoms with Crippen LogP contribution in [-0.2, 0) is 13.3 Å². The van der Waals surface area contributed by atoms with Gasteiger partial charge in [-0.15, -0.1) is 11.8 Å². The molecule has 2 N–H and O–H groups in total. The number of thioether (sulfide) groups is 1. The average molecular weight is 267 g/mol. The van der Waals surface area contributed by atoms with Crippen molar-refractivity contribution in [2.45, 2.75) is 44.9 Å². The zero-order chi connectivity index (χ0) is 12.6. The van der Waals surface area contributed by atoms with Crippen molar-refractivity contribution in [2.24, 2.45) is 5.73 Å². The van der Waals surface area contributed by atoms with Crippen LogP contribution in [0, 0.1) is 0 Å². The molecule has 2 unspecified atom stereocenters. The van der Waals surface area contributed by atoms with Gasteiger partial charge in [0.15, 0.2) is 0 Å². The van der Waals surface area contributed by atoms with Crippen molar-refractivity contribution in [1.29, 1.82) is 0 Å². The van der Waals surface area contributed by atoms with Crippen LogP contribution in [0.3, 0.4) is 0 Å². The third-order valence-corrected chi connectivity index (χ3v) is 7.13. The fourth-order valence-electron chi connectivity index (χ4n) is 1.49. The molecular formula is C10H25NO3SSi. The van der Waals surface area contributed by atoms with E-state index in [0.29, 0.717) is 19.8 Å². The van der Waals surface area contributed by atoms with Gasteiger partial charge in [-0.3, -0.25) is 0 Å². The molecule has 4 nitrogen and oxygen atoms in total. The average Bonchev–Trinajstić information content (AvgIpc) is 2.17. The Morgan fingerprint density at radius 2 is 1.38 bits per heavy atom. The molecule has 0 aliphatic carbocycles. The van der Waals surface area contributed by atoms with E-state index in [-0.39, 0.29) is 10.2 Å². The van der Waals surface area contributed by atoms with Crippen LogP contribution in [-0.4, -0.2) is 38.9 Å². The Bertz CT molecular complexity index is 166. The molecular weight excluding hydrogens is 242 g/mol. The summed E-state index contributed by atoms with van der Waals surface area (Å²) >= 11 is 1.65. The Hall–Kier alpha value is 0.407. The Morgan fingerprint density at radius 3 is 1.62 bits per heavy atom. The number of rotatable bonds is 9. The lowest BCUT2D eigenvalue weighted by Crippen LogP contribution is -2.54. The maximum atomic E-state index is 5.80. The van der Waals surface area contributed by atoms with Crippen LogP contribution in [0.15, 0.2) is 0 Å². The van der Waals surface area contributed by atoms with Crippen molar-refractivity contribution in [1.82, 2.24) is 0 Å². The van der Waals surface area contributed by atoms with Gasteiger partial charge in [0.2, 0.25) is 0 Å². The molecule has 0 radical (unpaired) electrons. The first-order valence-electron chi connectivity index (χ1n) is 5.85. The van der Waals surface area contributed by atoms with Gasteiger partial charge in [-0.1, -0.05) is 0 Å². The van der Waals surface area contributed by atoms with Crippen LogP contribution in [0.1, 0.15) is 34.6 Å². The smallest absolute Gasteiger partial charge is 0.373 e. The maximum Gasteiger partial charge on any atom is 0.514 e. The molecule has 2 atom stereocenters. The zero-order valence-electron chi connectivity index (χ0n) is 11.0. The van der Waals surface area contributed by atoms with Gasteiger partial charge in [0.1, 0.15) is 0 Å². The molecule has 0 aromatic carbocycles. The topological polar surface area (TPSA) is 53.7 Å². The maximum absolute atomic E-state index is 5.80. The SMILES string of the molecule is CCO[Si](OCC)(OCC)C(C)SC(C)N. The van der Waals surface area contributed by atoms with E-state index < -0.39 is 8.80 Å². The first-order chi connectivity index (χ1) is 7.52. The van der Waals surface area contributed by atoms with Gasteiger partial charge in [-0.2, -0.15) is 0 Å². The van der Waals surface area contributed by atoms with E-state index >= 15 is 0 Å². The summed E-state index contributed by atoms with van der Waals surface area (Å²) in [4.78, 5) is 0.160. The molecule has 0 aliphatic heterocycles. The van der Waals surface area contributed by atoms with E-state index in [1.165, 1.54) is 0 Å². The molecule has 0 saturated heterocycles. The van der Waals surface area contributed by atoms with Crippen LogP contribution >= 0.6 is 11.8 Å². The van der Waals surface area contributed by atoms with Crippen LogP contribution in [0.25, 0.3) is 0 Å². The summed E-state index contributed by atoms with van der Waals surface area (Å²) in [5.41, 5.74) is 5.80. The minimum absolute atomic E-state index is 0.0586. The molecule has 0 heterocycles. The number of hydrogen-bond acceptors (Lipinski definition) is 5. The van der Waals surface area contributed by atoms with Gasteiger partial charge in [0, 0.05) is 25.2 Å². The highest BCUT2D eigenvalue weighted by Gasteiger charge is 2.47. The lowest BCUT2D eigenvalue weighted by Gasteiger charge is -2.33. The monoisotopic (exact) mass is 267 g/mol. The molecule has 0 saturated carbocycles. The molecule has 0 spiro atoms. The highest BCUT2D eigenvalue weighted by Crippen LogP contribution is 2.27. The van der Waals surface area contributed by atoms with Gasteiger partial charge < -0.3 is 19.0 Å². The van der Waals surface area contributed by atoms with Gasteiger partial charge in [-0.05, 0) is 34.6 Å². The van der Waals surface area contributed by atoms with Crippen molar-refractivity contribution in [3.05, 3.63) is 0 Å². The second-order valence-corrected chi connectivity index (χ2v) is 8.47. The molecule has 6 heteroatoms. The highest BCUT2D eigenvalue weighted by atomic mass is 32.2. The van der Waals surface area contributed by atoms with E-state index in [0.717, 1.165) is 0 Å². The minimum atomic E-state index is -2.58. The second kappa shape index (κ2) is 8.49. The molecule has 0 aromatic heterocycles. The molecule has 16 heavy (non-hydrogen) atoms. The lowest BCUT2D eigenvalue weighted by molar-refractivity contribution is 0.0707. The Kier molecular flexibility index (Phi) is 8.71. The Balaban J connectivity index is 4.68. The molecule has 0 bridgehead atoms. The molecule has 0 rings (SSSR count).